The minimum atomic E-state index is -3.80. The number of nitrogens with one attached hydrogen (secondary N) is 1. The van der Waals surface area contributed by atoms with E-state index in [4.69, 9.17) is 11.6 Å². The highest BCUT2D eigenvalue weighted by molar-refractivity contribution is 7.89. The van der Waals surface area contributed by atoms with Crippen molar-refractivity contribution < 1.29 is 13.2 Å². The molecule has 0 aliphatic carbocycles. The second kappa shape index (κ2) is 8.45. The molecule has 0 unspecified atom stereocenters. The van der Waals surface area contributed by atoms with E-state index in [1.807, 2.05) is 38.2 Å². The van der Waals surface area contributed by atoms with Crippen LogP contribution < -0.4 is 5.43 Å². The summed E-state index contributed by atoms with van der Waals surface area (Å²) in [5.41, 5.74) is 5.54. The second-order valence-electron chi connectivity index (χ2n) is 7.54. The molecule has 31 heavy (non-hydrogen) atoms. The topological polar surface area (TPSA) is 83.8 Å². The normalized spacial score (nSPS) is 17.6. The van der Waals surface area contributed by atoms with Gasteiger partial charge in [-0.25, -0.2) is 13.8 Å². The number of aryl methyl sites for hydroxylation is 1. The van der Waals surface area contributed by atoms with Crippen LogP contribution in [-0.2, 0) is 21.9 Å². The number of halogens is 1. The van der Waals surface area contributed by atoms with Gasteiger partial charge in [-0.15, -0.1) is 0 Å². The fourth-order valence-electron chi connectivity index (χ4n) is 3.98. The molecule has 0 bridgehead atoms. The third kappa shape index (κ3) is 3.98. The first-order chi connectivity index (χ1) is 14.8. The molecule has 1 amide bonds. The second-order valence-corrected chi connectivity index (χ2v) is 9.86. The first kappa shape index (κ1) is 21.5. The average molecular weight is 459 g/mol. The van der Waals surface area contributed by atoms with Crippen LogP contribution in [0.5, 0.6) is 0 Å². The summed E-state index contributed by atoms with van der Waals surface area (Å²) in [7, 11) is -1.82. The van der Waals surface area contributed by atoms with E-state index in [9.17, 15) is 13.2 Å². The smallest absolute Gasteiger partial charge is 0.258 e. The van der Waals surface area contributed by atoms with Crippen molar-refractivity contribution in [1.82, 2.24) is 14.3 Å². The van der Waals surface area contributed by atoms with E-state index < -0.39 is 22.0 Å². The molecule has 3 aromatic rings. The molecule has 2 heterocycles. The van der Waals surface area contributed by atoms with Crippen LogP contribution >= 0.6 is 11.6 Å². The minimum Gasteiger partial charge on any atom is -0.347 e. The molecule has 4 rings (SSSR count). The van der Waals surface area contributed by atoms with Gasteiger partial charge in [0.15, 0.2) is 0 Å². The molecule has 162 valence electrons. The predicted octanol–water partition coefficient (Wildman–Crippen LogP) is 3.44. The Morgan fingerprint density at radius 2 is 1.90 bits per heavy atom. The summed E-state index contributed by atoms with van der Waals surface area (Å²) < 4.78 is 29.3. The van der Waals surface area contributed by atoms with Crippen molar-refractivity contribution in [1.29, 1.82) is 0 Å². The standard InChI is InChI=1S/C22H23ClN4O3S/c1-15-19(18-6-3-4-7-20(18)26(15)2)14-24-25-22(28)21-8-5-13-27(21)31(29,30)17-11-9-16(23)10-12-17/h3-4,6-7,9-12,14,21H,5,8,13H2,1-2H3,(H,25,28)/b24-14-/t21-/m0/s1. The lowest BCUT2D eigenvalue weighted by Crippen LogP contribution is -2.44. The van der Waals surface area contributed by atoms with Crippen LogP contribution in [0.1, 0.15) is 24.1 Å². The fourth-order valence-corrected chi connectivity index (χ4v) is 5.76. The maximum absolute atomic E-state index is 13.0. The van der Waals surface area contributed by atoms with Gasteiger partial charge in [0.25, 0.3) is 5.91 Å². The van der Waals surface area contributed by atoms with Gasteiger partial charge in [-0.3, -0.25) is 4.79 Å². The number of nitrogens with zero attached hydrogens (tertiary/aromatic N) is 3. The monoisotopic (exact) mass is 458 g/mol. The highest BCUT2D eigenvalue weighted by Gasteiger charge is 2.39. The molecule has 1 saturated heterocycles. The van der Waals surface area contributed by atoms with Gasteiger partial charge in [0.2, 0.25) is 10.0 Å². The maximum atomic E-state index is 13.0. The number of hydrazone groups is 1. The number of carbonyl (C=O) groups excluding carboxylic acids is 1. The summed E-state index contributed by atoms with van der Waals surface area (Å²) in [5.74, 6) is -0.441. The van der Waals surface area contributed by atoms with Gasteiger partial charge in [-0.2, -0.15) is 9.41 Å². The van der Waals surface area contributed by atoms with Crippen LogP contribution in [0.25, 0.3) is 10.9 Å². The number of benzene rings is 2. The Kier molecular flexibility index (Phi) is 5.88. The first-order valence-electron chi connectivity index (χ1n) is 9.95. The maximum Gasteiger partial charge on any atom is 0.258 e. The van der Waals surface area contributed by atoms with Crippen molar-refractivity contribution in [3.05, 3.63) is 64.8 Å². The Bertz CT molecular complexity index is 1270. The largest absolute Gasteiger partial charge is 0.347 e. The highest BCUT2D eigenvalue weighted by Crippen LogP contribution is 2.27. The zero-order valence-electron chi connectivity index (χ0n) is 17.2. The predicted molar refractivity (Wildman–Crippen MR) is 122 cm³/mol. The summed E-state index contributed by atoms with van der Waals surface area (Å²) >= 11 is 5.87. The van der Waals surface area contributed by atoms with Crippen LogP contribution in [0.3, 0.4) is 0 Å². The van der Waals surface area contributed by atoms with E-state index >= 15 is 0 Å². The number of rotatable bonds is 5. The van der Waals surface area contributed by atoms with Crippen molar-refractivity contribution in [2.24, 2.45) is 12.1 Å². The molecule has 0 spiro atoms. The van der Waals surface area contributed by atoms with Gasteiger partial charge in [-0.05, 0) is 50.1 Å². The summed E-state index contributed by atoms with van der Waals surface area (Å²) in [4.78, 5) is 12.9. The molecule has 9 heteroatoms. The molecule has 1 atom stereocenters. The van der Waals surface area contributed by atoms with E-state index in [1.54, 1.807) is 6.21 Å². The van der Waals surface area contributed by atoms with Gasteiger partial charge < -0.3 is 4.57 Å². The van der Waals surface area contributed by atoms with Gasteiger partial charge >= 0.3 is 0 Å². The summed E-state index contributed by atoms with van der Waals surface area (Å²) in [5, 5.41) is 5.62. The lowest BCUT2D eigenvalue weighted by Gasteiger charge is -2.22. The number of aromatic nitrogens is 1. The lowest BCUT2D eigenvalue weighted by molar-refractivity contribution is -0.124. The Balaban J connectivity index is 1.52. The molecule has 1 aliphatic heterocycles. The van der Waals surface area contributed by atoms with E-state index in [-0.39, 0.29) is 11.4 Å². The fraction of sp³-hybridized carbons (Fsp3) is 0.273. The van der Waals surface area contributed by atoms with E-state index in [1.165, 1.54) is 28.6 Å². The van der Waals surface area contributed by atoms with E-state index in [0.717, 1.165) is 22.2 Å². The van der Waals surface area contributed by atoms with Crippen LogP contribution in [0.2, 0.25) is 5.02 Å². The molecule has 1 fully saturated rings. The van der Waals surface area contributed by atoms with Crippen molar-refractivity contribution in [2.45, 2.75) is 30.7 Å². The zero-order valence-corrected chi connectivity index (χ0v) is 18.8. The summed E-state index contributed by atoms with van der Waals surface area (Å²) in [6, 6.07) is 13.1. The van der Waals surface area contributed by atoms with Gasteiger partial charge in [-0.1, -0.05) is 29.8 Å². The highest BCUT2D eigenvalue weighted by atomic mass is 35.5. The molecule has 1 aromatic heterocycles. The van der Waals surface area contributed by atoms with Crippen molar-refractivity contribution in [3.63, 3.8) is 0 Å². The van der Waals surface area contributed by atoms with Crippen LogP contribution in [0, 0.1) is 6.92 Å². The molecular formula is C22H23ClN4O3S. The first-order valence-corrected chi connectivity index (χ1v) is 11.8. The van der Waals surface area contributed by atoms with Crippen LogP contribution in [-0.4, -0.2) is 42.0 Å². The zero-order chi connectivity index (χ0) is 22.2. The average Bonchev–Trinajstić information content (AvgIpc) is 3.35. The van der Waals surface area contributed by atoms with Crippen molar-refractivity contribution in [3.8, 4) is 0 Å². The van der Waals surface area contributed by atoms with E-state index in [2.05, 4.69) is 15.1 Å². The third-order valence-corrected chi connectivity index (χ3v) is 7.92. The number of para-hydroxylation sites is 1. The molecular weight excluding hydrogens is 436 g/mol. The number of hydrogen-bond donors (Lipinski definition) is 1. The van der Waals surface area contributed by atoms with E-state index in [0.29, 0.717) is 17.9 Å². The molecule has 7 nitrogen and oxygen atoms in total. The Hall–Kier alpha value is -2.68. The van der Waals surface area contributed by atoms with Crippen molar-refractivity contribution in [2.75, 3.05) is 6.54 Å². The van der Waals surface area contributed by atoms with Gasteiger partial charge in [0.05, 0.1) is 11.1 Å². The Morgan fingerprint density at radius 3 is 2.65 bits per heavy atom. The lowest BCUT2D eigenvalue weighted by atomic mass is 10.1. The number of carbonyl (C=O) groups is 1. The molecule has 0 saturated carbocycles. The molecule has 0 radical (unpaired) electrons. The third-order valence-electron chi connectivity index (χ3n) is 5.74. The quantitative estimate of drug-likeness (QED) is 0.469. The SMILES string of the molecule is Cc1c(/C=N\NC(=O)[C@@H]2CCCN2S(=O)(=O)c2ccc(Cl)cc2)c2ccccc2n1C. The van der Waals surface area contributed by atoms with Gasteiger partial charge in [0.1, 0.15) is 6.04 Å². The molecule has 1 aliphatic rings. The summed E-state index contributed by atoms with van der Waals surface area (Å²) in [6.45, 7) is 2.27. The Morgan fingerprint density at radius 1 is 1.19 bits per heavy atom. The number of amides is 1. The van der Waals surface area contributed by atoms with Gasteiger partial charge in [0, 0.05) is 40.8 Å². The molecule has 2 aromatic carbocycles. The van der Waals surface area contributed by atoms with Crippen molar-refractivity contribution >= 4 is 44.6 Å². The summed E-state index contributed by atoms with van der Waals surface area (Å²) in [6.07, 6.45) is 2.67. The van der Waals surface area contributed by atoms with Crippen LogP contribution in [0.4, 0.5) is 0 Å². The minimum absolute atomic E-state index is 0.117. The number of fused-ring (bicyclic) bond motifs is 1. The Labute approximate surface area is 186 Å². The number of sulfonamides is 1. The molecule has 1 N–H and O–H groups in total. The van der Waals surface area contributed by atoms with Crippen LogP contribution in [0.15, 0.2) is 58.5 Å². The number of hydrogen-bond acceptors (Lipinski definition) is 4.